The average Bonchev–Trinajstić information content (AvgIpc) is 2.05. The third-order valence-electron chi connectivity index (χ3n) is 1.98. The van der Waals surface area contributed by atoms with Gasteiger partial charge in [-0.15, -0.1) is 0 Å². The summed E-state index contributed by atoms with van der Waals surface area (Å²) in [4.78, 5) is 4.44. The van der Waals surface area contributed by atoms with Crippen molar-refractivity contribution >= 4 is 33.6 Å². The van der Waals surface area contributed by atoms with E-state index in [4.69, 9.17) is 0 Å². The van der Waals surface area contributed by atoms with E-state index in [-0.39, 0.29) is 0 Å². The number of aromatic nitrogens is 1. The van der Waals surface area contributed by atoms with Crippen molar-refractivity contribution in [1.82, 2.24) is 4.98 Å². The van der Waals surface area contributed by atoms with Gasteiger partial charge in [0.05, 0.1) is 0 Å². The Morgan fingerprint density at radius 3 is 2.83 bits per heavy atom. The standard InChI is InChI=1S/C10H8N.Ga.2H/c1-8-6-7-9-4-2-3-5-10(9)11-8;;;/h3-7H,1H3;;;. The Balaban J connectivity index is 2.79. The normalized spacial score (nSPS) is 10.4. The Morgan fingerprint density at radius 2 is 2.00 bits per heavy atom. The van der Waals surface area contributed by atoms with Gasteiger partial charge in [0.25, 0.3) is 0 Å². The van der Waals surface area contributed by atoms with E-state index in [0.29, 0.717) is 0 Å². The number of nitrogens with zero attached hydrogens (tertiary/aromatic N) is 1. The van der Waals surface area contributed by atoms with Crippen molar-refractivity contribution < 1.29 is 0 Å². The van der Waals surface area contributed by atoms with Gasteiger partial charge in [-0.2, -0.15) is 0 Å². The molecule has 58 valence electrons. The van der Waals surface area contributed by atoms with E-state index in [1.54, 1.807) is 0 Å². The van der Waals surface area contributed by atoms with Crippen LogP contribution in [0.15, 0.2) is 30.3 Å². The Labute approximate surface area is 81.7 Å². The molecule has 0 radical (unpaired) electrons. The van der Waals surface area contributed by atoms with E-state index in [2.05, 4.69) is 35.3 Å². The Morgan fingerprint density at radius 1 is 1.17 bits per heavy atom. The molecule has 0 fully saturated rings. The molecule has 0 unspecified atom stereocenters. The van der Waals surface area contributed by atoms with E-state index in [1.807, 2.05) is 6.92 Å². The molecule has 2 aromatic rings. The van der Waals surface area contributed by atoms with Crippen molar-refractivity contribution in [1.29, 1.82) is 0 Å². The van der Waals surface area contributed by atoms with Crippen molar-refractivity contribution in [3.05, 3.63) is 36.0 Å². The molecule has 0 amide bonds. The molecule has 0 aliphatic carbocycles. The van der Waals surface area contributed by atoms with Crippen LogP contribution in [0, 0.1) is 6.92 Å². The van der Waals surface area contributed by atoms with Crippen molar-refractivity contribution in [2.24, 2.45) is 0 Å². The van der Waals surface area contributed by atoms with Crippen LogP contribution in [-0.2, 0) is 0 Å². The minimum atomic E-state index is 0.770. The molecule has 0 spiro atoms. The average molecular weight is 214 g/mol. The Kier molecular flexibility index (Phi) is 1.94. The summed E-state index contributed by atoms with van der Waals surface area (Å²) in [6.45, 7) is 2.02. The summed E-state index contributed by atoms with van der Waals surface area (Å²) in [6.07, 6.45) is 0. The summed E-state index contributed by atoms with van der Waals surface area (Å²) in [5.41, 5.74) is 2.20. The zero-order valence-corrected chi connectivity index (χ0v) is 11.5. The quantitative estimate of drug-likeness (QED) is 0.591. The molecule has 2 heteroatoms. The molecule has 0 saturated carbocycles. The molecule has 1 nitrogen and oxygen atoms in total. The first-order valence-electron chi connectivity index (χ1n) is 4.10. The SMILES string of the molecule is Cc1ccc2c[c]([GaH2])ccc2n1. The topological polar surface area (TPSA) is 12.9 Å². The maximum absolute atomic E-state index is 4.44. The number of hydrogen-bond donors (Lipinski definition) is 0. The van der Waals surface area contributed by atoms with Gasteiger partial charge in [0, 0.05) is 0 Å². The van der Waals surface area contributed by atoms with Gasteiger partial charge >= 0.3 is 81.6 Å². The van der Waals surface area contributed by atoms with Crippen LogP contribution in [0.25, 0.3) is 10.9 Å². The minimum absolute atomic E-state index is 0.770. The monoisotopic (exact) mass is 213 g/mol. The fourth-order valence-electron chi connectivity index (χ4n) is 1.35. The predicted molar refractivity (Wildman–Crippen MR) is 54.7 cm³/mol. The van der Waals surface area contributed by atoms with Crippen LogP contribution in [0.5, 0.6) is 0 Å². The fourth-order valence-corrected chi connectivity index (χ4v) is 2.35. The van der Waals surface area contributed by atoms with Gasteiger partial charge in [0.15, 0.2) is 0 Å². The van der Waals surface area contributed by atoms with Crippen molar-refractivity contribution in [3.8, 4) is 0 Å². The summed E-state index contributed by atoms with van der Waals surface area (Å²) in [6, 6.07) is 10.7. The number of pyridine rings is 1. The van der Waals surface area contributed by atoms with Crippen LogP contribution >= 0.6 is 0 Å². The van der Waals surface area contributed by atoms with Gasteiger partial charge < -0.3 is 0 Å². The third kappa shape index (κ3) is 1.40. The number of rotatable bonds is 0. The molecule has 1 heterocycles. The Hall–Kier alpha value is -0.734. The molecule has 0 N–H and O–H groups in total. The predicted octanol–water partition coefficient (Wildman–Crippen LogP) is 0.802. The van der Waals surface area contributed by atoms with Gasteiger partial charge in [-0.3, -0.25) is 0 Å². The number of benzene rings is 1. The van der Waals surface area contributed by atoms with E-state index in [1.165, 1.54) is 9.50 Å². The summed E-state index contributed by atoms with van der Waals surface area (Å²) in [5.74, 6) is 0. The van der Waals surface area contributed by atoms with E-state index in [9.17, 15) is 0 Å². The second-order valence-corrected chi connectivity index (χ2v) is 5.57. The van der Waals surface area contributed by atoms with Crippen LogP contribution in [0.1, 0.15) is 5.69 Å². The van der Waals surface area contributed by atoms with Crippen LogP contribution in [0.4, 0.5) is 0 Å². The van der Waals surface area contributed by atoms with Gasteiger partial charge in [-0.1, -0.05) is 0 Å². The second-order valence-electron chi connectivity index (χ2n) is 3.15. The molecule has 0 atom stereocenters. The number of aryl methyl sites for hydroxylation is 1. The zero-order valence-electron chi connectivity index (χ0n) is 7.33. The first-order valence-corrected chi connectivity index (χ1v) is 6.19. The molecule has 0 bridgehead atoms. The van der Waals surface area contributed by atoms with Crippen LogP contribution in [-0.4, -0.2) is 23.6 Å². The maximum atomic E-state index is 4.44. The molecular weight excluding hydrogens is 204 g/mol. The Bertz CT molecular complexity index is 382. The van der Waals surface area contributed by atoms with E-state index < -0.39 is 0 Å². The summed E-state index contributed by atoms with van der Waals surface area (Å²) in [5, 5.41) is 1.27. The molecule has 0 saturated heterocycles. The van der Waals surface area contributed by atoms with Gasteiger partial charge in [0.1, 0.15) is 0 Å². The molecule has 0 aliphatic rings. The summed E-state index contributed by atoms with van der Waals surface area (Å²) >= 11 is 0.770. The fraction of sp³-hybridized carbons (Fsp3) is 0.100. The van der Waals surface area contributed by atoms with Gasteiger partial charge in [-0.05, 0) is 0 Å². The van der Waals surface area contributed by atoms with Crippen molar-refractivity contribution in [2.75, 3.05) is 0 Å². The van der Waals surface area contributed by atoms with Crippen LogP contribution < -0.4 is 4.12 Å². The third-order valence-corrected chi connectivity index (χ3v) is 3.29. The first kappa shape index (κ1) is 7.89. The molecule has 12 heavy (non-hydrogen) atoms. The second kappa shape index (κ2) is 2.96. The molecular formula is C10H10GaN. The van der Waals surface area contributed by atoms with Gasteiger partial charge in [0.2, 0.25) is 0 Å². The first-order chi connectivity index (χ1) is 5.75. The summed E-state index contributed by atoms with van der Waals surface area (Å²) < 4.78 is 1.47. The molecule has 0 aliphatic heterocycles. The molecule has 1 aromatic heterocycles. The van der Waals surface area contributed by atoms with Crippen LogP contribution in [0.2, 0.25) is 0 Å². The van der Waals surface area contributed by atoms with Crippen molar-refractivity contribution in [3.63, 3.8) is 0 Å². The van der Waals surface area contributed by atoms with Gasteiger partial charge in [-0.25, -0.2) is 0 Å². The van der Waals surface area contributed by atoms with E-state index in [0.717, 1.165) is 29.8 Å². The molecule has 2 rings (SSSR count). The number of hydrogen-bond acceptors (Lipinski definition) is 1. The van der Waals surface area contributed by atoms with Crippen LogP contribution in [0.3, 0.4) is 0 Å². The van der Waals surface area contributed by atoms with E-state index >= 15 is 0 Å². The zero-order chi connectivity index (χ0) is 8.55. The molecule has 1 aromatic carbocycles. The van der Waals surface area contributed by atoms with Crippen molar-refractivity contribution in [2.45, 2.75) is 6.92 Å². The number of fused-ring (bicyclic) bond motifs is 1. The summed E-state index contributed by atoms with van der Waals surface area (Å²) in [7, 11) is 0.